The molecule has 2 atom stereocenters. The first-order chi connectivity index (χ1) is 9.75. The minimum atomic E-state index is -0.0591. The van der Waals surface area contributed by atoms with Gasteiger partial charge in [0, 0.05) is 30.1 Å². The lowest BCUT2D eigenvalue weighted by Gasteiger charge is -2.44. The van der Waals surface area contributed by atoms with Crippen molar-refractivity contribution in [3.63, 3.8) is 0 Å². The highest BCUT2D eigenvalue weighted by Crippen LogP contribution is 2.35. The van der Waals surface area contributed by atoms with Gasteiger partial charge in [-0.15, -0.1) is 0 Å². The minimum Gasteiger partial charge on any atom is -0.370 e. The van der Waals surface area contributed by atoms with Crippen LogP contribution in [-0.4, -0.2) is 71.5 Å². The zero-order chi connectivity index (χ0) is 13.9. The van der Waals surface area contributed by atoms with Crippen molar-refractivity contribution in [3.05, 3.63) is 0 Å². The van der Waals surface area contributed by atoms with Gasteiger partial charge in [0.25, 0.3) is 0 Å². The van der Waals surface area contributed by atoms with Gasteiger partial charge in [-0.05, 0) is 12.8 Å². The van der Waals surface area contributed by atoms with Gasteiger partial charge < -0.3 is 14.5 Å². The Morgan fingerprint density at radius 1 is 1.30 bits per heavy atom. The Morgan fingerprint density at radius 2 is 2.15 bits per heavy atom. The Labute approximate surface area is 124 Å². The number of nitrogens with zero attached hydrogens (tertiary/aromatic N) is 2. The molecule has 0 spiro atoms. The van der Waals surface area contributed by atoms with Crippen molar-refractivity contribution in [2.45, 2.75) is 37.0 Å². The van der Waals surface area contributed by atoms with Crippen LogP contribution in [0.15, 0.2) is 0 Å². The monoisotopic (exact) mass is 298 g/mol. The molecule has 0 N–H and O–H groups in total. The number of carbonyl (C=O) groups excluding carboxylic acids is 2. The molecule has 3 aliphatic rings. The maximum atomic E-state index is 12.5. The summed E-state index contributed by atoms with van der Waals surface area (Å²) in [6.45, 7) is 2.27. The lowest BCUT2D eigenvalue weighted by Crippen LogP contribution is -2.55. The van der Waals surface area contributed by atoms with Gasteiger partial charge in [-0.2, -0.15) is 11.8 Å². The molecule has 0 aromatic carbocycles. The molecule has 2 heterocycles. The number of fused-ring (bicyclic) bond motifs is 1. The molecule has 0 bridgehead atoms. The van der Waals surface area contributed by atoms with Gasteiger partial charge in [0.2, 0.25) is 11.8 Å². The Bertz CT molecular complexity index is 389. The Hall–Kier alpha value is -0.750. The van der Waals surface area contributed by atoms with E-state index < -0.39 is 0 Å². The third-order valence-electron chi connectivity index (χ3n) is 4.46. The molecule has 6 heteroatoms. The van der Waals surface area contributed by atoms with E-state index in [0.717, 1.165) is 18.7 Å². The van der Waals surface area contributed by atoms with Crippen LogP contribution in [0.2, 0.25) is 0 Å². The maximum absolute atomic E-state index is 12.5. The fourth-order valence-corrected chi connectivity index (χ4v) is 4.82. The van der Waals surface area contributed by atoms with Crippen molar-refractivity contribution in [1.82, 2.24) is 9.80 Å². The minimum absolute atomic E-state index is 0.0591. The molecule has 0 aromatic rings. The van der Waals surface area contributed by atoms with Crippen molar-refractivity contribution in [3.8, 4) is 0 Å². The summed E-state index contributed by atoms with van der Waals surface area (Å²) in [6.07, 6.45) is 4.87. The van der Waals surface area contributed by atoms with Crippen molar-refractivity contribution in [1.29, 1.82) is 0 Å². The zero-order valence-electron chi connectivity index (χ0n) is 11.8. The summed E-state index contributed by atoms with van der Waals surface area (Å²) >= 11 is 2.02. The largest absolute Gasteiger partial charge is 0.370 e. The Morgan fingerprint density at radius 3 is 3.00 bits per heavy atom. The van der Waals surface area contributed by atoms with E-state index in [1.54, 1.807) is 4.90 Å². The quantitative estimate of drug-likeness (QED) is 0.754. The summed E-state index contributed by atoms with van der Waals surface area (Å²) < 4.78 is 5.11. The average molecular weight is 298 g/mol. The van der Waals surface area contributed by atoms with Gasteiger partial charge in [-0.1, -0.05) is 12.8 Å². The van der Waals surface area contributed by atoms with Crippen molar-refractivity contribution in [2.75, 3.05) is 38.6 Å². The summed E-state index contributed by atoms with van der Waals surface area (Å²) in [5.74, 6) is 1.10. The van der Waals surface area contributed by atoms with Crippen LogP contribution in [0, 0.1) is 0 Å². The van der Waals surface area contributed by atoms with E-state index in [0.29, 0.717) is 24.4 Å². The molecule has 0 aromatic heterocycles. The summed E-state index contributed by atoms with van der Waals surface area (Å²) in [4.78, 5) is 28.0. The molecule has 1 aliphatic carbocycles. The van der Waals surface area contributed by atoms with Crippen LogP contribution in [-0.2, 0) is 14.3 Å². The van der Waals surface area contributed by atoms with Crippen molar-refractivity contribution < 1.29 is 14.3 Å². The second-order valence-corrected chi connectivity index (χ2v) is 7.06. The van der Waals surface area contributed by atoms with E-state index in [-0.39, 0.29) is 25.0 Å². The molecule has 2 saturated heterocycles. The molecule has 2 amide bonds. The summed E-state index contributed by atoms with van der Waals surface area (Å²) in [6, 6.07) is 0.395. The highest BCUT2D eigenvalue weighted by Gasteiger charge is 2.37. The van der Waals surface area contributed by atoms with Crippen LogP contribution < -0.4 is 0 Å². The highest BCUT2D eigenvalue weighted by molar-refractivity contribution is 8.00. The molecule has 20 heavy (non-hydrogen) atoms. The third-order valence-corrected chi connectivity index (χ3v) is 5.86. The number of amides is 2. The van der Waals surface area contributed by atoms with Crippen LogP contribution >= 0.6 is 11.8 Å². The normalized spacial score (nSPS) is 31.1. The predicted molar refractivity (Wildman–Crippen MR) is 77.6 cm³/mol. The standard InChI is InChI=1S/C14H22N2O3S/c17-13(9-15-5-7-19-10-14(15)18)16-6-8-20-12-4-2-1-3-11(12)16/h11-12H,1-10H2/t11-,12-/m1/s1. The molecule has 5 nitrogen and oxygen atoms in total. The predicted octanol–water partition coefficient (Wildman–Crippen LogP) is 0.732. The second kappa shape index (κ2) is 6.35. The van der Waals surface area contributed by atoms with Crippen LogP contribution in [0.1, 0.15) is 25.7 Å². The van der Waals surface area contributed by atoms with E-state index in [4.69, 9.17) is 4.74 Å². The number of hydrogen-bond acceptors (Lipinski definition) is 4. The maximum Gasteiger partial charge on any atom is 0.249 e. The summed E-state index contributed by atoms with van der Waals surface area (Å²) in [7, 11) is 0. The van der Waals surface area contributed by atoms with Gasteiger partial charge in [0.05, 0.1) is 13.2 Å². The van der Waals surface area contributed by atoms with Gasteiger partial charge in [0.15, 0.2) is 0 Å². The lowest BCUT2D eigenvalue weighted by molar-refractivity contribution is -0.149. The van der Waals surface area contributed by atoms with Crippen molar-refractivity contribution >= 4 is 23.6 Å². The molecule has 0 unspecified atom stereocenters. The molecule has 3 fully saturated rings. The third kappa shape index (κ3) is 2.96. The van der Waals surface area contributed by atoms with Crippen LogP contribution in [0.4, 0.5) is 0 Å². The summed E-state index contributed by atoms with van der Waals surface area (Å²) in [5.41, 5.74) is 0. The molecule has 0 radical (unpaired) electrons. The van der Waals surface area contributed by atoms with Gasteiger partial charge >= 0.3 is 0 Å². The first kappa shape index (κ1) is 14.2. The molecule has 2 aliphatic heterocycles. The Kier molecular flexibility index (Phi) is 4.51. The van der Waals surface area contributed by atoms with E-state index in [9.17, 15) is 9.59 Å². The van der Waals surface area contributed by atoms with Crippen LogP contribution in [0.5, 0.6) is 0 Å². The number of hydrogen-bond donors (Lipinski definition) is 0. The first-order valence-electron chi connectivity index (χ1n) is 7.52. The fraction of sp³-hybridized carbons (Fsp3) is 0.857. The molecule has 3 rings (SSSR count). The molecular formula is C14H22N2O3S. The van der Waals surface area contributed by atoms with E-state index in [1.165, 1.54) is 19.3 Å². The number of ether oxygens (including phenoxy) is 1. The number of thioether (sulfide) groups is 1. The van der Waals surface area contributed by atoms with E-state index in [2.05, 4.69) is 0 Å². The fourth-order valence-electron chi connectivity index (χ4n) is 3.38. The number of morpholine rings is 1. The van der Waals surface area contributed by atoms with Crippen molar-refractivity contribution in [2.24, 2.45) is 0 Å². The van der Waals surface area contributed by atoms with Crippen LogP contribution in [0.25, 0.3) is 0 Å². The SMILES string of the molecule is O=C1COCCN1CC(=O)N1CCS[C@@H]2CCCC[C@H]21. The number of carbonyl (C=O) groups is 2. The zero-order valence-corrected chi connectivity index (χ0v) is 12.6. The first-order valence-corrected chi connectivity index (χ1v) is 8.57. The second-order valence-electron chi connectivity index (χ2n) is 5.72. The lowest BCUT2D eigenvalue weighted by atomic mass is 9.93. The topological polar surface area (TPSA) is 49.9 Å². The summed E-state index contributed by atoms with van der Waals surface area (Å²) in [5, 5.41) is 0.613. The van der Waals surface area contributed by atoms with Gasteiger partial charge in [-0.25, -0.2) is 0 Å². The van der Waals surface area contributed by atoms with Gasteiger partial charge in [-0.3, -0.25) is 9.59 Å². The smallest absolute Gasteiger partial charge is 0.249 e. The van der Waals surface area contributed by atoms with Crippen LogP contribution in [0.3, 0.4) is 0 Å². The van der Waals surface area contributed by atoms with E-state index >= 15 is 0 Å². The number of rotatable bonds is 2. The molecule has 1 saturated carbocycles. The van der Waals surface area contributed by atoms with Gasteiger partial charge in [0.1, 0.15) is 6.61 Å². The average Bonchev–Trinajstić information content (AvgIpc) is 2.49. The molecular weight excluding hydrogens is 276 g/mol. The molecule has 112 valence electrons. The van der Waals surface area contributed by atoms with E-state index in [1.807, 2.05) is 16.7 Å². The Balaban J connectivity index is 1.61. The highest BCUT2D eigenvalue weighted by atomic mass is 32.2.